The van der Waals surface area contributed by atoms with E-state index in [1.165, 1.54) is 0 Å². The van der Waals surface area contributed by atoms with Crippen LogP contribution in [0.5, 0.6) is 0 Å². The van der Waals surface area contributed by atoms with Crippen LogP contribution in [0.4, 0.5) is 5.82 Å². The van der Waals surface area contributed by atoms with Crippen LogP contribution < -0.4 is 10.2 Å². The SMILES string of the molecule is O=C(NC1CC1)C1CCN(c2ncccc2-n2cccc2)CC1. The van der Waals surface area contributed by atoms with E-state index in [1.54, 1.807) is 0 Å². The Labute approximate surface area is 136 Å². The molecule has 0 spiro atoms. The Balaban J connectivity index is 1.45. The van der Waals surface area contributed by atoms with Crippen molar-refractivity contribution >= 4 is 11.7 Å². The number of amides is 1. The molecule has 23 heavy (non-hydrogen) atoms. The van der Waals surface area contributed by atoms with Crippen LogP contribution in [0, 0.1) is 5.92 Å². The Bertz CT molecular complexity index is 670. The van der Waals surface area contributed by atoms with E-state index in [-0.39, 0.29) is 11.8 Å². The molecule has 2 aromatic rings. The molecule has 2 aromatic heterocycles. The number of carbonyl (C=O) groups excluding carboxylic acids is 1. The van der Waals surface area contributed by atoms with Gasteiger partial charge in [0.25, 0.3) is 0 Å². The van der Waals surface area contributed by atoms with Gasteiger partial charge >= 0.3 is 0 Å². The quantitative estimate of drug-likeness (QED) is 0.943. The normalized spacial score (nSPS) is 18.9. The van der Waals surface area contributed by atoms with Crippen LogP contribution in [-0.4, -0.2) is 34.6 Å². The van der Waals surface area contributed by atoms with Crippen LogP contribution in [0.3, 0.4) is 0 Å². The third kappa shape index (κ3) is 3.09. The summed E-state index contributed by atoms with van der Waals surface area (Å²) in [6.07, 6.45) is 10.0. The number of rotatable bonds is 4. The second-order valence-electron chi connectivity index (χ2n) is 6.48. The standard InChI is InChI=1S/C18H22N4O/c23-18(20-15-5-6-15)14-7-12-22(13-8-14)17-16(4-3-9-19-17)21-10-1-2-11-21/h1-4,9-11,14-15H,5-8,12-13H2,(H,20,23). The van der Waals surface area contributed by atoms with Gasteiger partial charge in [0.2, 0.25) is 5.91 Å². The zero-order chi connectivity index (χ0) is 15.6. The highest BCUT2D eigenvalue weighted by atomic mass is 16.2. The molecule has 1 saturated heterocycles. The summed E-state index contributed by atoms with van der Waals surface area (Å²) in [5.74, 6) is 1.41. The number of nitrogens with zero attached hydrogens (tertiary/aromatic N) is 3. The highest BCUT2D eigenvalue weighted by Gasteiger charge is 2.30. The van der Waals surface area contributed by atoms with E-state index >= 15 is 0 Å². The predicted molar refractivity (Wildman–Crippen MR) is 89.7 cm³/mol. The minimum absolute atomic E-state index is 0.158. The van der Waals surface area contributed by atoms with Crippen molar-refractivity contribution in [2.24, 2.45) is 5.92 Å². The van der Waals surface area contributed by atoms with Gasteiger partial charge in [0, 0.05) is 43.6 Å². The molecule has 1 amide bonds. The van der Waals surface area contributed by atoms with Crippen LogP contribution in [0.25, 0.3) is 5.69 Å². The Morgan fingerprint density at radius 2 is 1.83 bits per heavy atom. The van der Waals surface area contributed by atoms with Crippen molar-refractivity contribution in [1.29, 1.82) is 0 Å². The molecule has 5 nitrogen and oxygen atoms in total. The largest absolute Gasteiger partial charge is 0.355 e. The summed E-state index contributed by atoms with van der Waals surface area (Å²) in [6.45, 7) is 1.77. The van der Waals surface area contributed by atoms with E-state index in [4.69, 9.17) is 0 Å². The highest BCUT2D eigenvalue weighted by Crippen LogP contribution is 2.28. The number of pyridine rings is 1. The first-order chi connectivity index (χ1) is 11.3. The van der Waals surface area contributed by atoms with E-state index in [0.29, 0.717) is 6.04 Å². The lowest BCUT2D eigenvalue weighted by Gasteiger charge is -2.33. The Morgan fingerprint density at radius 3 is 2.52 bits per heavy atom. The van der Waals surface area contributed by atoms with Crippen LogP contribution >= 0.6 is 0 Å². The van der Waals surface area contributed by atoms with Crippen LogP contribution in [0.2, 0.25) is 0 Å². The molecule has 0 radical (unpaired) electrons. The lowest BCUT2D eigenvalue weighted by atomic mass is 9.96. The summed E-state index contributed by atoms with van der Waals surface area (Å²) in [7, 11) is 0. The second kappa shape index (κ2) is 6.07. The number of nitrogens with one attached hydrogen (secondary N) is 1. The van der Waals surface area contributed by atoms with Gasteiger partial charge in [0.05, 0.1) is 5.69 Å². The molecule has 0 unspecified atom stereocenters. The molecular weight excluding hydrogens is 288 g/mol. The summed E-state index contributed by atoms with van der Waals surface area (Å²) in [5, 5.41) is 3.13. The Kier molecular flexibility index (Phi) is 3.77. The molecule has 5 heteroatoms. The fraction of sp³-hybridized carbons (Fsp3) is 0.444. The number of hydrogen-bond donors (Lipinski definition) is 1. The lowest BCUT2D eigenvalue weighted by Crippen LogP contribution is -2.41. The summed E-state index contributed by atoms with van der Waals surface area (Å²) in [5.41, 5.74) is 1.10. The molecule has 2 fully saturated rings. The summed E-state index contributed by atoms with van der Waals surface area (Å²) >= 11 is 0. The van der Waals surface area contributed by atoms with Crippen molar-refractivity contribution in [3.05, 3.63) is 42.9 Å². The average molecular weight is 310 g/mol. The van der Waals surface area contributed by atoms with Crippen LogP contribution in [-0.2, 0) is 4.79 Å². The third-order valence-electron chi connectivity index (χ3n) is 4.74. The van der Waals surface area contributed by atoms with E-state index in [1.807, 2.05) is 36.8 Å². The van der Waals surface area contributed by atoms with Gasteiger partial charge in [-0.15, -0.1) is 0 Å². The number of aromatic nitrogens is 2. The van der Waals surface area contributed by atoms with Gasteiger partial charge in [-0.05, 0) is 49.9 Å². The fourth-order valence-corrected chi connectivity index (χ4v) is 3.23. The van der Waals surface area contributed by atoms with Crippen molar-refractivity contribution in [2.45, 2.75) is 31.7 Å². The van der Waals surface area contributed by atoms with Crippen LogP contribution in [0.15, 0.2) is 42.9 Å². The monoisotopic (exact) mass is 310 g/mol. The van der Waals surface area contributed by atoms with Crippen molar-refractivity contribution in [3.8, 4) is 5.69 Å². The first-order valence-electron chi connectivity index (χ1n) is 8.45. The zero-order valence-corrected chi connectivity index (χ0v) is 13.2. The van der Waals surface area contributed by atoms with Crippen molar-refractivity contribution < 1.29 is 4.79 Å². The molecule has 1 aliphatic heterocycles. The van der Waals surface area contributed by atoms with Gasteiger partial charge < -0.3 is 14.8 Å². The maximum absolute atomic E-state index is 12.2. The number of hydrogen-bond acceptors (Lipinski definition) is 3. The molecule has 4 rings (SSSR count). The number of piperidine rings is 1. The van der Waals surface area contributed by atoms with Crippen molar-refractivity contribution in [3.63, 3.8) is 0 Å². The number of anilines is 1. The molecule has 1 aliphatic carbocycles. The predicted octanol–water partition coefficient (Wildman–Crippen LogP) is 2.37. The van der Waals surface area contributed by atoms with Gasteiger partial charge in [-0.25, -0.2) is 4.98 Å². The molecule has 0 bridgehead atoms. The molecular formula is C18H22N4O. The van der Waals surface area contributed by atoms with Crippen molar-refractivity contribution in [2.75, 3.05) is 18.0 Å². The Morgan fingerprint density at radius 1 is 1.09 bits per heavy atom. The molecule has 1 saturated carbocycles. The van der Waals surface area contributed by atoms with E-state index in [9.17, 15) is 4.79 Å². The molecule has 1 N–H and O–H groups in total. The minimum atomic E-state index is 0.158. The first kappa shape index (κ1) is 14.3. The van der Waals surface area contributed by atoms with Gasteiger partial charge in [-0.1, -0.05) is 0 Å². The summed E-state index contributed by atoms with van der Waals surface area (Å²) in [6, 6.07) is 8.55. The maximum atomic E-state index is 12.2. The summed E-state index contributed by atoms with van der Waals surface area (Å²) in [4.78, 5) is 19.1. The fourth-order valence-electron chi connectivity index (χ4n) is 3.23. The second-order valence-corrected chi connectivity index (χ2v) is 6.48. The van der Waals surface area contributed by atoms with E-state index < -0.39 is 0 Å². The van der Waals surface area contributed by atoms with E-state index in [2.05, 4.69) is 25.8 Å². The number of carbonyl (C=O) groups is 1. The minimum Gasteiger partial charge on any atom is -0.355 e. The van der Waals surface area contributed by atoms with Crippen LogP contribution in [0.1, 0.15) is 25.7 Å². The van der Waals surface area contributed by atoms with Gasteiger partial charge in [0.15, 0.2) is 5.82 Å². The topological polar surface area (TPSA) is 50.2 Å². The molecule has 2 aliphatic rings. The van der Waals surface area contributed by atoms with E-state index in [0.717, 1.165) is 50.3 Å². The Hall–Kier alpha value is -2.30. The molecule has 0 atom stereocenters. The highest BCUT2D eigenvalue weighted by molar-refractivity contribution is 5.79. The molecule has 0 aromatic carbocycles. The molecule has 3 heterocycles. The van der Waals surface area contributed by atoms with Crippen molar-refractivity contribution in [1.82, 2.24) is 14.9 Å². The first-order valence-corrected chi connectivity index (χ1v) is 8.45. The molecule has 120 valence electrons. The smallest absolute Gasteiger partial charge is 0.223 e. The zero-order valence-electron chi connectivity index (χ0n) is 13.2. The third-order valence-corrected chi connectivity index (χ3v) is 4.74. The lowest BCUT2D eigenvalue weighted by molar-refractivity contribution is -0.125. The average Bonchev–Trinajstić information content (AvgIpc) is 3.24. The summed E-state index contributed by atoms with van der Waals surface area (Å²) < 4.78 is 2.09. The van der Waals surface area contributed by atoms with Gasteiger partial charge in [-0.3, -0.25) is 4.79 Å². The maximum Gasteiger partial charge on any atom is 0.223 e. The van der Waals surface area contributed by atoms with Gasteiger partial charge in [0.1, 0.15) is 0 Å². The van der Waals surface area contributed by atoms with Gasteiger partial charge in [-0.2, -0.15) is 0 Å².